The van der Waals surface area contributed by atoms with Gasteiger partial charge in [0.15, 0.2) is 5.65 Å². The van der Waals surface area contributed by atoms with Crippen molar-refractivity contribution in [3.8, 4) is 5.69 Å². The van der Waals surface area contributed by atoms with E-state index in [9.17, 15) is 9.59 Å². The van der Waals surface area contributed by atoms with Crippen molar-refractivity contribution in [1.82, 2.24) is 24.4 Å². The van der Waals surface area contributed by atoms with Crippen molar-refractivity contribution < 1.29 is 4.79 Å². The predicted molar refractivity (Wildman–Crippen MR) is 161 cm³/mol. The smallest absolute Gasteiger partial charge is 0.355 e. The van der Waals surface area contributed by atoms with Crippen molar-refractivity contribution in [2.45, 2.75) is 77.8 Å². The first kappa shape index (κ1) is 28.1. The Hall–Kier alpha value is -3.46. The molecule has 0 bridgehead atoms. The van der Waals surface area contributed by atoms with E-state index >= 15 is 0 Å². The zero-order valence-corrected chi connectivity index (χ0v) is 24.5. The first-order chi connectivity index (χ1) is 19.2. The highest BCUT2D eigenvalue weighted by Gasteiger charge is 2.30. The molecule has 3 aromatic rings. The number of hydrogen-bond acceptors (Lipinski definition) is 7. The number of aromatic nitrogens is 4. The lowest BCUT2D eigenvalue weighted by atomic mass is 9.95. The minimum Gasteiger partial charge on any atom is -0.366 e. The number of halogens is 1. The SMILES string of the molecule is C=CC(=O)N1CCN(c2nc(=O)n(-c3c(C)ccnc3C(C)C)c3nc(NC4CCCCC4)c(Cl)cc23)[C@@H](C)C1. The number of rotatable bonds is 6. The van der Waals surface area contributed by atoms with Gasteiger partial charge in [-0.3, -0.25) is 9.78 Å². The molecule has 1 saturated carbocycles. The standard InChI is InChI=1S/C30H38ClN7O2/c1-6-24(39)36-14-15-37(20(5)17-36)28-22-16-23(31)27(33-21-10-8-7-9-11-21)34-29(22)38(30(40)35-28)26-19(4)12-13-32-25(26)18(2)3/h6,12-13,16,18,20-21H,1,7-11,14-15,17H2,2-5H3,(H,33,34)/t20-/m0/s1. The Morgan fingerprint density at radius 3 is 2.62 bits per heavy atom. The molecule has 9 nitrogen and oxygen atoms in total. The highest BCUT2D eigenvalue weighted by Crippen LogP contribution is 2.35. The van der Waals surface area contributed by atoms with Gasteiger partial charge < -0.3 is 15.1 Å². The van der Waals surface area contributed by atoms with Gasteiger partial charge in [0.05, 0.1) is 21.8 Å². The average Bonchev–Trinajstić information content (AvgIpc) is 2.94. The minimum atomic E-state index is -0.421. The molecular formula is C30H38ClN7O2. The second kappa shape index (κ2) is 11.6. The van der Waals surface area contributed by atoms with Crippen LogP contribution < -0.4 is 15.9 Å². The Morgan fingerprint density at radius 2 is 1.95 bits per heavy atom. The summed E-state index contributed by atoms with van der Waals surface area (Å²) in [5.74, 6) is 1.09. The maximum Gasteiger partial charge on any atom is 0.355 e. The minimum absolute atomic E-state index is 0.0752. The fourth-order valence-electron chi connectivity index (χ4n) is 5.95. The van der Waals surface area contributed by atoms with Crippen LogP contribution in [0.25, 0.3) is 16.7 Å². The van der Waals surface area contributed by atoms with Gasteiger partial charge in [-0.05, 0) is 56.4 Å². The Labute approximate surface area is 240 Å². The zero-order chi connectivity index (χ0) is 28.6. The molecule has 0 radical (unpaired) electrons. The second-order valence-corrected chi connectivity index (χ2v) is 11.7. The number of fused-ring (bicyclic) bond motifs is 1. The van der Waals surface area contributed by atoms with Crippen molar-refractivity contribution in [2.75, 3.05) is 29.9 Å². The summed E-state index contributed by atoms with van der Waals surface area (Å²) in [4.78, 5) is 44.4. The summed E-state index contributed by atoms with van der Waals surface area (Å²) >= 11 is 6.87. The van der Waals surface area contributed by atoms with Crippen LogP contribution in [-0.4, -0.2) is 62.0 Å². The van der Waals surface area contributed by atoms with Gasteiger partial charge >= 0.3 is 5.69 Å². The summed E-state index contributed by atoms with van der Waals surface area (Å²) in [7, 11) is 0. The number of carbonyl (C=O) groups excluding carboxylic acids is 1. The quantitative estimate of drug-likeness (QED) is 0.410. The lowest BCUT2D eigenvalue weighted by molar-refractivity contribution is -0.126. The number of aryl methyl sites for hydroxylation is 1. The molecule has 4 heterocycles. The van der Waals surface area contributed by atoms with Crippen LogP contribution >= 0.6 is 11.6 Å². The van der Waals surface area contributed by atoms with Gasteiger partial charge in [-0.2, -0.15) is 4.98 Å². The Bertz CT molecular complexity index is 1500. The molecule has 0 spiro atoms. The van der Waals surface area contributed by atoms with Gasteiger partial charge in [0.25, 0.3) is 0 Å². The highest BCUT2D eigenvalue weighted by molar-refractivity contribution is 6.33. The molecule has 40 heavy (non-hydrogen) atoms. The fraction of sp³-hybridized carbons (Fsp3) is 0.500. The Morgan fingerprint density at radius 1 is 1.20 bits per heavy atom. The van der Waals surface area contributed by atoms with Crippen molar-refractivity contribution in [3.05, 3.63) is 57.7 Å². The van der Waals surface area contributed by atoms with E-state index in [4.69, 9.17) is 16.6 Å². The normalized spacial score (nSPS) is 18.4. The van der Waals surface area contributed by atoms with E-state index in [-0.39, 0.29) is 17.9 Å². The average molecular weight is 564 g/mol. The molecule has 212 valence electrons. The van der Waals surface area contributed by atoms with Crippen LogP contribution in [0.15, 0.2) is 35.8 Å². The summed E-state index contributed by atoms with van der Waals surface area (Å²) in [6.07, 6.45) is 8.83. The van der Waals surface area contributed by atoms with Crippen LogP contribution in [0.5, 0.6) is 0 Å². The molecule has 5 rings (SSSR count). The first-order valence-corrected chi connectivity index (χ1v) is 14.6. The van der Waals surface area contributed by atoms with Gasteiger partial charge in [0, 0.05) is 37.9 Å². The predicted octanol–water partition coefficient (Wildman–Crippen LogP) is 5.23. The van der Waals surface area contributed by atoms with Crippen LogP contribution in [0, 0.1) is 6.92 Å². The lowest BCUT2D eigenvalue weighted by Gasteiger charge is -2.40. The molecule has 2 aliphatic rings. The summed E-state index contributed by atoms with van der Waals surface area (Å²) in [5, 5.41) is 4.74. The van der Waals surface area contributed by atoms with Crippen molar-refractivity contribution in [1.29, 1.82) is 0 Å². The number of nitrogens with zero attached hydrogens (tertiary/aromatic N) is 6. The molecule has 1 amide bonds. The maximum atomic E-state index is 14.0. The monoisotopic (exact) mass is 563 g/mol. The van der Waals surface area contributed by atoms with Crippen LogP contribution in [-0.2, 0) is 4.79 Å². The van der Waals surface area contributed by atoms with Crippen LogP contribution in [0.1, 0.15) is 70.1 Å². The van der Waals surface area contributed by atoms with E-state index in [1.54, 1.807) is 15.7 Å². The number of hydrogen-bond donors (Lipinski definition) is 1. The van der Waals surface area contributed by atoms with E-state index in [1.165, 1.54) is 25.3 Å². The van der Waals surface area contributed by atoms with Crippen molar-refractivity contribution in [3.63, 3.8) is 0 Å². The molecule has 1 N–H and O–H groups in total. The van der Waals surface area contributed by atoms with Gasteiger partial charge in [0.2, 0.25) is 5.91 Å². The van der Waals surface area contributed by atoms with E-state index in [0.717, 1.165) is 24.1 Å². The van der Waals surface area contributed by atoms with Crippen molar-refractivity contribution >= 4 is 40.2 Å². The largest absolute Gasteiger partial charge is 0.366 e. The molecule has 1 aliphatic carbocycles. The molecule has 3 aromatic heterocycles. The topological polar surface area (TPSA) is 96.3 Å². The molecule has 10 heteroatoms. The molecule has 0 unspecified atom stereocenters. The summed E-state index contributed by atoms with van der Waals surface area (Å²) in [6.45, 7) is 13.3. The highest BCUT2D eigenvalue weighted by atomic mass is 35.5. The molecule has 1 aliphatic heterocycles. The maximum absolute atomic E-state index is 14.0. The second-order valence-electron chi connectivity index (χ2n) is 11.3. The van der Waals surface area contributed by atoms with Gasteiger partial charge in [-0.1, -0.05) is 51.3 Å². The van der Waals surface area contributed by atoms with Gasteiger partial charge in [-0.15, -0.1) is 0 Å². The number of carbonyl (C=O) groups is 1. The number of pyridine rings is 2. The fourth-order valence-corrected chi connectivity index (χ4v) is 6.16. The number of piperazine rings is 1. The van der Waals surface area contributed by atoms with Crippen molar-refractivity contribution in [2.24, 2.45) is 0 Å². The van der Waals surface area contributed by atoms with Crippen LogP contribution in [0.2, 0.25) is 5.02 Å². The molecular weight excluding hydrogens is 526 g/mol. The van der Waals surface area contributed by atoms with E-state index in [2.05, 4.69) is 40.6 Å². The molecule has 0 aromatic carbocycles. The number of amides is 1. The Balaban J connectivity index is 1.71. The third-order valence-electron chi connectivity index (χ3n) is 8.06. The number of nitrogens with one attached hydrogen (secondary N) is 1. The van der Waals surface area contributed by atoms with E-state index in [0.29, 0.717) is 59.1 Å². The van der Waals surface area contributed by atoms with Crippen LogP contribution in [0.3, 0.4) is 0 Å². The van der Waals surface area contributed by atoms with Gasteiger partial charge in [-0.25, -0.2) is 14.3 Å². The molecule has 2 fully saturated rings. The third kappa shape index (κ3) is 5.31. The summed E-state index contributed by atoms with van der Waals surface area (Å²) < 4.78 is 1.60. The van der Waals surface area contributed by atoms with Crippen LogP contribution in [0.4, 0.5) is 11.6 Å². The van der Waals surface area contributed by atoms with E-state index in [1.807, 2.05) is 26.0 Å². The van der Waals surface area contributed by atoms with E-state index < -0.39 is 5.69 Å². The summed E-state index contributed by atoms with van der Waals surface area (Å²) in [5.41, 5.74) is 2.50. The molecule has 1 atom stereocenters. The zero-order valence-electron chi connectivity index (χ0n) is 23.8. The number of anilines is 2. The first-order valence-electron chi connectivity index (χ1n) is 14.2. The molecule has 1 saturated heterocycles. The summed E-state index contributed by atoms with van der Waals surface area (Å²) in [6, 6.07) is 4.00. The lowest BCUT2D eigenvalue weighted by Crippen LogP contribution is -2.54. The van der Waals surface area contributed by atoms with Gasteiger partial charge in [0.1, 0.15) is 11.6 Å². The Kier molecular flexibility index (Phi) is 8.12. The third-order valence-corrected chi connectivity index (χ3v) is 8.35.